The van der Waals surface area contributed by atoms with Crippen molar-refractivity contribution < 1.29 is 19.1 Å². The summed E-state index contributed by atoms with van der Waals surface area (Å²) in [5.41, 5.74) is 0. The summed E-state index contributed by atoms with van der Waals surface area (Å²) in [6, 6.07) is 0. The summed E-state index contributed by atoms with van der Waals surface area (Å²) >= 11 is 0. The van der Waals surface area contributed by atoms with Gasteiger partial charge in [0.1, 0.15) is 6.54 Å². The lowest BCUT2D eigenvalue weighted by molar-refractivity contribution is -0.151. The lowest BCUT2D eigenvalue weighted by atomic mass is 9.81. The molecular weight excluding hydrogens is 222 g/mol. The van der Waals surface area contributed by atoms with E-state index in [1.807, 2.05) is 0 Å². The van der Waals surface area contributed by atoms with Crippen molar-refractivity contribution >= 4 is 17.8 Å². The fourth-order valence-electron chi connectivity index (χ4n) is 3.82. The Bertz CT molecular complexity index is 377. The Labute approximate surface area is 99.1 Å². The van der Waals surface area contributed by atoms with Crippen molar-refractivity contribution in [3.05, 3.63) is 0 Å². The van der Waals surface area contributed by atoms with Crippen molar-refractivity contribution in [2.45, 2.75) is 19.3 Å². The van der Waals surface area contributed by atoms with Gasteiger partial charge in [-0.3, -0.25) is 19.3 Å². The molecular formula is C12H15NO4. The number of fused-ring (bicyclic) bond motifs is 5. The quantitative estimate of drug-likeness (QED) is 0.508. The van der Waals surface area contributed by atoms with E-state index >= 15 is 0 Å². The molecule has 0 spiro atoms. The van der Waals surface area contributed by atoms with Gasteiger partial charge in [-0.05, 0) is 31.1 Å². The molecule has 1 saturated heterocycles. The van der Waals surface area contributed by atoms with E-state index in [9.17, 15) is 14.4 Å². The molecule has 1 heterocycles. The van der Waals surface area contributed by atoms with Crippen LogP contribution < -0.4 is 0 Å². The molecule has 0 radical (unpaired) electrons. The van der Waals surface area contributed by atoms with Crippen molar-refractivity contribution in [2.24, 2.45) is 23.7 Å². The number of rotatable bonds is 2. The molecule has 0 aromatic carbocycles. The van der Waals surface area contributed by atoms with E-state index in [0.29, 0.717) is 11.8 Å². The minimum Gasteiger partial charge on any atom is -0.468 e. The highest BCUT2D eigenvalue weighted by Crippen LogP contribution is 2.55. The molecule has 1 aliphatic heterocycles. The summed E-state index contributed by atoms with van der Waals surface area (Å²) in [6.07, 6.45) is 3.12. The molecule has 0 unspecified atom stereocenters. The van der Waals surface area contributed by atoms with Gasteiger partial charge in [-0.25, -0.2) is 0 Å². The van der Waals surface area contributed by atoms with Crippen LogP contribution in [0.4, 0.5) is 0 Å². The zero-order valence-electron chi connectivity index (χ0n) is 9.72. The number of carbonyl (C=O) groups excluding carboxylic acids is 3. The molecule has 0 aromatic rings. The van der Waals surface area contributed by atoms with E-state index in [1.165, 1.54) is 7.11 Å². The van der Waals surface area contributed by atoms with Crippen LogP contribution in [0.2, 0.25) is 0 Å². The summed E-state index contributed by atoms with van der Waals surface area (Å²) < 4.78 is 4.52. The zero-order valence-corrected chi connectivity index (χ0v) is 9.72. The largest absolute Gasteiger partial charge is 0.468 e. The standard InChI is InChI=1S/C12H15NO4/c1-17-8(14)5-13-11(15)9-6-2-3-7(4-6)10(9)12(13)16/h6-7,9-10H,2-5H2,1H3/t6-,7+,9+,10-. The van der Waals surface area contributed by atoms with Gasteiger partial charge in [-0.2, -0.15) is 0 Å². The van der Waals surface area contributed by atoms with Crippen LogP contribution in [0, 0.1) is 23.7 Å². The number of amides is 2. The number of esters is 1. The van der Waals surface area contributed by atoms with Gasteiger partial charge in [0, 0.05) is 0 Å². The van der Waals surface area contributed by atoms with Crippen LogP contribution in [0.15, 0.2) is 0 Å². The topological polar surface area (TPSA) is 63.7 Å². The Hall–Kier alpha value is -1.39. The molecule has 2 aliphatic carbocycles. The van der Waals surface area contributed by atoms with Gasteiger partial charge in [0.2, 0.25) is 11.8 Å². The molecule has 3 fully saturated rings. The average Bonchev–Trinajstić information content (AvgIpc) is 2.98. The maximum atomic E-state index is 12.1. The number of likely N-dealkylation sites (tertiary alicyclic amines) is 1. The fraction of sp³-hybridized carbons (Fsp3) is 0.750. The minimum atomic E-state index is -0.529. The van der Waals surface area contributed by atoms with Crippen LogP contribution in [-0.2, 0) is 19.1 Å². The normalized spacial score (nSPS) is 38.8. The third-order valence-electron chi connectivity index (χ3n) is 4.53. The van der Waals surface area contributed by atoms with Crippen molar-refractivity contribution in [3.63, 3.8) is 0 Å². The van der Waals surface area contributed by atoms with Gasteiger partial charge in [-0.15, -0.1) is 0 Å². The smallest absolute Gasteiger partial charge is 0.325 e. The number of hydrogen-bond acceptors (Lipinski definition) is 4. The van der Waals surface area contributed by atoms with Crippen molar-refractivity contribution in [1.29, 1.82) is 0 Å². The second kappa shape index (κ2) is 3.55. The average molecular weight is 237 g/mol. The van der Waals surface area contributed by atoms with Gasteiger partial charge in [-0.1, -0.05) is 0 Å². The maximum absolute atomic E-state index is 12.1. The zero-order chi connectivity index (χ0) is 12.2. The number of imide groups is 1. The van der Waals surface area contributed by atoms with Crippen LogP contribution in [0.3, 0.4) is 0 Å². The predicted molar refractivity (Wildman–Crippen MR) is 56.5 cm³/mol. The van der Waals surface area contributed by atoms with E-state index < -0.39 is 5.97 Å². The first-order valence-corrected chi connectivity index (χ1v) is 6.05. The molecule has 4 atom stereocenters. The number of carbonyl (C=O) groups is 3. The first-order valence-electron chi connectivity index (χ1n) is 6.05. The lowest BCUT2D eigenvalue weighted by Gasteiger charge is -2.19. The molecule has 3 aliphatic rings. The van der Waals surface area contributed by atoms with Crippen LogP contribution in [0.1, 0.15) is 19.3 Å². The van der Waals surface area contributed by atoms with Gasteiger partial charge < -0.3 is 4.74 Å². The summed E-state index contributed by atoms with van der Waals surface area (Å²) in [7, 11) is 1.26. The van der Waals surface area contributed by atoms with E-state index in [4.69, 9.17) is 0 Å². The van der Waals surface area contributed by atoms with Crippen LogP contribution in [0.5, 0.6) is 0 Å². The van der Waals surface area contributed by atoms with E-state index in [1.54, 1.807) is 0 Å². The van der Waals surface area contributed by atoms with Crippen molar-refractivity contribution in [1.82, 2.24) is 4.90 Å². The Morgan fingerprint density at radius 1 is 1.24 bits per heavy atom. The summed E-state index contributed by atoms with van der Waals surface area (Å²) in [4.78, 5) is 36.6. The highest BCUT2D eigenvalue weighted by molar-refractivity contribution is 6.07. The molecule has 92 valence electrons. The fourth-order valence-corrected chi connectivity index (χ4v) is 3.82. The Kier molecular flexibility index (Phi) is 2.24. The summed E-state index contributed by atoms with van der Waals surface area (Å²) in [6.45, 7) is -0.222. The molecule has 2 bridgehead atoms. The number of methoxy groups -OCH3 is 1. The highest BCUT2D eigenvalue weighted by Gasteiger charge is 2.60. The third kappa shape index (κ3) is 1.34. The number of ether oxygens (including phenoxy) is 1. The molecule has 2 amide bonds. The van der Waals surface area contributed by atoms with E-state index in [0.717, 1.165) is 24.2 Å². The van der Waals surface area contributed by atoms with Crippen LogP contribution in [0.25, 0.3) is 0 Å². The Balaban J connectivity index is 1.83. The molecule has 0 aromatic heterocycles. The first-order chi connectivity index (χ1) is 8.13. The Morgan fingerprint density at radius 2 is 1.76 bits per heavy atom. The molecule has 17 heavy (non-hydrogen) atoms. The molecule has 3 rings (SSSR count). The summed E-state index contributed by atoms with van der Waals surface area (Å²) in [5, 5.41) is 0. The maximum Gasteiger partial charge on any atom is 0.325 e. The van der Waals surface area contributed by atoms with Gasteiger partial charge in [0.05, 0.1) is 18.9 Å². The minimum absolute atomic E-state index is 0.147. The van der Waals surface area contributed by atoms with Gasteiger partial charge in [0.15, 0.2) is 0 Å². The van der Waals surface area contributed by atoms with E-state index in [-0.39, 0.29) is 30.2 Å². The number of nitrogens with zero attached hydrogens (tertiary/aromatic N) is 1. The SMILES string of the molecule is COC(=O)CN1C(=O)[C@@H]2[C@H]3CC[C@H](C3)[C@@H]2C1=O. The van der Waals surface area contributed by atoms with E-state index in [2.05, 4.69) is 4.74 Å². The second-order valence-corrected chi connectivity index (χ2v) is 5.22. The van der Waals surface area contributed by atoms with Crippen LogP contribution in [-0.4, -0.2) is 36.3 Å². The lowest BCUT2D eigenvalue weighted by Crippen LogP contribution is -2.37. The second-order valence-electron chi connectivity index (χ2n) is 5.22. The number of hydrogen-bond donors (Lipinski definition) is 0. The monoisotopic (exact) mass is 237 g/mol. The third-order valence-corrected chi connectivity index (χ3v) is 4.53. The van der Waals surface area contributed by atoms with Gasteiger partial charge >= 0.3 is 5.97 Å². The highest BCUT2D eigenvalue weighted by atomic mass is 16.5. The predicted octanol–water partition coefficient (Wildman–Crippen LogP) is 0.190. The van der Waals surface area contributed by atoms with Crippen molar-refractivity contribution in [3.8, 4) is 0 Å². The molecule has 0 N–H and O–H groups in total. The molecule has 5 heteroatoms. The molecule has 2 saturated carbocycles. The van der Waals surface area contributed by atoms with Gasteiger partial charge in [0.25, 0.3) is 0 Å². The Morgan fingerprint density at radius 3 is 2.24 bits per heavy atom. The summed E-state index contributed by atoms with van der Waals surface area (Å²) in [5.74, 6) is -0.403. The van der Waals surface area contributed by atoms with Crippen molar-refractivity contribution in [2.75, 3.05) is 13.7 Å². The van der Waals surface area contributed by atoms with Crippen LogP contribution >= 0.6 is 0 Å². The first kappa shape index (κ1) is 10.7. The molecule has 5 nitrogen and oxygen atoms in total.